The number of hydrogen-bond acceptors (Lipinski definition) is 5. The van der Waals surface area contributed by atoms with Crippen LogP contribution >= 0.6 is 7.82 Å². The molecule has 0 aromatic rings. The first-order valence-electron chi connectivity index (χ1n) is 4.16. The summed E-state index contributed by atoms with van der Waals surface area (Å²) in [5.41, 5.74) is -0.219. The third-order valence-corrected chi connectivity index (χ3v) is 2.66. The largest absolute Gasteiger partial charge is 0.531 e. The highest BCUT2D eigenvalue weighted by Gasteiger charge is 2.29. The Balaban J connectivity index is 4.26. The average Bonchev–Trinajstić information content (AvgIpc) is 2.00. The van der Waals surface area contributed by atoms with Gasteiger partial charge in [0.15, 0.2) is 0 Å². The van der Waals surface area contributed by atoms with Crippen LogP contribution in [-0.4, -0.2) is 20.2 Å². The summed E-state index contributed by atoms with van der Waals surface area (Å²) in [6, 6.07) is 0. The standard InChI is InChI=1S/C8H17O5P/c1-8(2,3)6-7(9)13-14(10,11-4)12-5/h6H2,1-5H3. The topological polar surface area (TPSA) is 61.8 Å². The van der Waals surface area contributed by atoms with Crippen LogP contribution in [0.5, 0.6) is 0 Å². The highest BCUT2D eigenvalue weighted by molar-refractivity contribution is 7.49. The van der Waals surface area contributed by atoms with Crippen molar-refractivity contribution in [1.29, 1.82) is 0 Å². The van der Waals surface area contributed by atoms with Crippen LogP contribution in [0.25, 0.3) is 0 Å². The lowest BCUT2D eigenvalue weighted by molar-refractivity contribution is -0.138. The molecule has 84 valence electrons. The maximum atomic E-state index is 11.4. The fourth-order valence-electron chi connectivity index (χ4n) is 0.739. The molecule has 0 aromatic heterocycles. The van der Waals surface area contributed by atoms with Crippen molar-refractivity contribution in [3.63, 3.8) is 0 Å². The maximum absolute atomic E-state index is 11.4. The average molecular weight is 224 g/mol. The molecule has 0 amide bonds. The molecule has 0 unspecified atom stereocenters. The molecule has 0 aliphatic heterocycles. The summed E-state index contributed by atoms with van der Waals surface area (Å²) in [4.78, 5) is 11.2. The SMILES string of the molecule is COP(=O)(OC)OC(=O)CC(C)(C)C. The number of phosphoric ester groups is 1. The molecular formula is C8H17O5P. The lowest BCUT2D eigenvalue weighted by Crippen LogP contribution is -2.15. The van der Waals surface area contributed by atoms with Crippen LogP contribution in [0.15, 0.2) is 0 Å². The molecule has 0 spiro atoms. The fraction of sp³-hybridized carbons (Fsp3) is 0.875. The molecule has 0 heterocycles. The van der Waals surface area contributed by atoms with E-state index in [1.54, 1.807) is 0 Å². The van der Waals surface area contributed by atoms with Gasteiger partial charge in [0.1, 0.15) is 0 Å². The van der Waals surface area contributed by atoms with Gasteiger partial charge in [0, 0.05) is 14.2 Å². The Labute approximate surface area is 84.3 Å². The molecular weight excluding hydrogens is 207 g/mol. The van der Waals surface area contributed by atoms with Crippen molar-refractivity contribution in [2.75, 3.05) is 14.2 Å². The molecule has 0 aliphatic carbocycles. The van der Waals surface area contributed by atoms with E-state index in [4.69, 9.17) is 0 Å². The number of hydrogen-bond donors (Lipinski definition) is 0. The number of carbonyl (C=O) groups excluding carboxylic acids is 1. The second-order valence-electron chi connectivity index (χ2n) is 4.01. The van der Waals surface area contributed by atoms with Crippen LogP contribution in [0.2, 0.25) is 0 Å². The van der Waals surface area contributed by atoms with Crippen LogP contribution in [-0.2, 0) is 22.9 Å². The van der Waals surface area contributed by atoms with Gasteiger partial charge in [-0.15, -0.1) is 0 Å². The molecule has 0 rings (SSSR count). The van der Waals surface area contributed by atoms with Gasteiger partial charge in [0.05, 0.1) is 6.42 Å². The molecule has 14 heavy (non-hydrogen) atoms. The molecule has 0 bridgehead atoms. The Morgan fingerprint density at radius 1 is 1.21 bits per heavy atom. The van der Waals surface area contributed by atoms with E-state index in [0.29, 0.717) is 0 Å². The zero-order valence-electron chi connectivity index (χ0n) is 9.20. The van der Waals surface area contributed by atoms with Gasteiger partial charge in [-0.05, 0) is 5.41 Å². The minimum Gasteiger partial charge on any atom is -0.370 e. The van der Waals surface area contributed by atoms with Gasteiger partial charge in [-0.25, -0.2) is 4.57 Å². The molecule has 0 atom stereocenters. The van der Waals surface area contributed by atoms with Gasteiger partial charge >= 0.3 is 13.8 Å². The van der Waals surface area contributed by atoms with E-state index in [1.165, 1.54) is 0 Å². The highest BCUT2D eigenvalue weighted by Crippen LogP contribution is 2.48. The Kier molecular flexibility index (Phi) is 4.78. The van der Waals surface area contributed by atoms with Crippen LogP contribution in [0, 0.1) is 5.41 Å². The molecule has 6 heteroatoms. The molecule has 0 saturated carbocycles. The molecule has 0 N–H and O–H groups in total. The predicted octanol–water partition coefficient (Wildman–Crippen LogP) is 2.37. The van der Waals surface area contributed by atoms with Gasteiger partial charge < -0.3 is 4.52 Å². The van der Waals surface area contributed by atoms with E-state index in [9.17, 15) is 9.36 Å². The lowest BCUT2D eigenvalue weighted by Gasteiger charge is -2.18. The summed E-state index contributed by atoms with van der Waals surface area (Å²) in [5.74, 6) is -0.593. The number of rotatable bonds is 4. The molecule has 5 nitrogen and oxygen atoms in total. The summed E-state index contributed by atoms with van der Waals surface area (Å²) in [6.07, 6.45) is 0.156. The smallest absolute Gasteiger partial charge is 0.370 e. The van der Waals surface area contributed by atoms with Crippen molar-refractivity contribution in [1.82, 2.24) is 0 Å². The van der Waals surface area contributed by atoms with Crippen molar-refractivity contribution in [2.45, 2.75) is 27.2 Å². The van der Waals surface area contributed by atoms with Crippen LogP contribution < -0.4 is 0 Å². The van der Waals surface area contributed by atoms with E-state index in [1.807, 2.05) is 20.8 Å². The van der Waals surface area contributed by atoms with Crippen LogP contribution in [0.3, 0.4) is 0 Å². The minimum absolute atomic E-state index is 0.156. The van der Waals surface area contributed by atoms with E-state index in [-0.39, 0.29) is 11.8 Å². The van der Waals surface area contributed by atoms with Crippen LogP contribution in [0.4, 0.5) is 0 Å². The monoisotopic (exact) mass is 224 g/mol. The summed E-state index contributed by atoms with van der Waals surface area (Å²) in [7, 11) is -1.35. The van der Waals surface area contributed by atoms with Crippen molar-refractivity contribution >= 4 is 13.8 Å². The maximum Gasteiger partial charge on any atom is 0.531 e. The third-order valence-electron chi connectivity index (χ3n) is 1.34. The molecule has 0 aliphatic rings. The Morgan fingerprint density at radius 2 is 1.64 bits per heavy atom. The molecule has 0 fully saturated rings. The Bertz CT molecular complexity index is 235. The Morgan fingerprint density at radius 3 is 1.93 bits per heavy atom. The van der Waals surface area contributed by atoms with E-state index in [2.05, 4.69) is 13.6 Å². The van der Waals surface area contributed by atoms with Crippen LogP contribution in [0.1, 0.15) is 27.2 Å². The summed E-state index contributed by atoms with van der Waals surface area (Å²) in [6.45, 7) is 5.62. The zero-order chi connectivity index (χ0) is 11.4. The molecule has 0 aromatic carbocycles. The van der Waals surface area contributed by atoms with Gasteiger partial charge in [-0.2, -0.15) is 0 Å². The first-order chi connectivity index (χ1) is 6.22. The first kappa shape index (κ1) is 13.6. The van der Waals surface area contributed by atoms with E-state index < -0.39 is 13.8 Å². The fourth-order valence-corrected chi connectivity index (χ4v) is 1.35. The van der Waals surface area contributed by atoms with Gasteiger partial charge in [0.25, 0.3) is 0 Å². The summed E-state index contributed by atoms with van der Waals surface area (Å²) in [5, 5.41) is 0. The summed E-state index contributed by atoms with van der Waals surface area (Å²) < 4.78 is 24.9. The highest BCUT2D eigenvalue weighted by atomic mass is 31.2. The zero-order valence-corrected chi connectivity index (χ0v) is 10.1. The van der Waals surface area contributed by atoms with Crippen molar-refractivity contribution in [3.05, 3.63) is 0 Å². The number of carbonyl (C=O) groups is 1. The van der Waals surface area contributed by atoms with Gasteiger partial charge in [-0.3, -0.25) is 13.8 Å². The van der Waals surface area contributed by atoms with Crippen molar-refractivity contribution in [2.24, 2.45) is 5.41 Å². The van der Waals surface area contributed by atoms with Gasteiger partial charge in [-0.1, -0.05) is 20.8 Å². The normalized spacial score (nSPS) is 12.6. The number of phosphoric acid groups is 1. The molecule has 0 radical (unpaired) electrons. The van der Waals surface area contributed by atoms with E-state index in [0.717, 1.165) is 14.2 Å². The third kappa shape index (κ3) is 5.37. The molecule has 0 saturated heterocycles. The minimum atomic E-state index is -3.67. The van der Waals surface area contributed by atoms with E-state index >= 15 is 0 Å². The first-order valence-corrected chi connectivity index (χ1v) is 5.62. The summed E-state index contributed by atoms with van der Waals surface area (Å²) >= 11 is 0. The van der Waals surface area contributed by atoms with Gasteiger partial charge in [0.2, 0.25) is 0 Å². The van der Waals surface area contributed by atoms with Crippen molar-refractivity contribution in [3.8, 4) is 0 Å². The predicted molar refractivity (Wildman–Crippen MR) is 51.8 cm³/mol. The quantitative estimate of drug-likeness (QED) is 0.686. The lowest BCUT2D eigenvalue weighted by atomic mass is 9.93. The second kappa shape index (κ2) is 4.91. The second-order valence-corrected chi connectivity index (χ2v) is 5.82. The van der Waals surface area contributed by atoms with Crippen molar-refractivity contribution < 1.29 is 22.9 Å². The Hall–Kier alpha value is -0.380.